The van der Waals surface area contributed by atoms with E-state index in [9.17, 15) is 33.9 Å². The lowest BCUT2D eigenvalue weighted by atomic mass is 9.99. The van der Waals surface area contributed by atoms with Crippen LogP contribution in [0.5, 0.6) is 0 Å². The van der Waals surface area contributed by atoms with Gasteiger partial charge in [-0.3, -0.25) is 0 Å². The molecule has 0 rings (SSSR count). The molecule has 0 aromatic heterocycles. The maximum atomic E-state index is 14.0. The lowest BCUT2D eigenvalue weighted by Crippen LogP contribution is -2.45. The van der Waals surface area contributed by atoms with E-state index < -0.39 is 70.2 Å². The monoisotopic (exact) mass is 1030 g/mol. The molecule has 422 valence electrons. The predicted octanol–water partition coefficient (Wildman–Crippen LogP) is 10.9. The van der Waals surface area contributed by atoms with Crippen LogP contribution < -0.4 is 10.6 Å². The molecule has 0 aromatic rings. The summed E-state index contributed by atoms with van der Waals surface area (Å²) in [4.78, 5) is 85.8. The van der Waals surface area contributed by atoms with Gasteiger partial charge < -0.3 is 63.8 Å². The highest BCUT2D eigenvalue weighted by Crippen LogP contribution is 2.21. The number of unbranched alkanes of at least 4 members (excludes halogenated alkanes) is 5. The molecule has 0 aliphatic carbocycles. The molecule has 19 nitrogen and oxygen atoms in total. The molecule has 19 heteroatoms. The van der Waals surface area contributed by atoms with E-state index in [1.165, 1.54) is 0 Å². The number of amides is 6. The quantitative estimate of drug-likeness (QED) is 0.0492. The van der Waals surface area contributed by atoms with E-state index in [-0.39, 0.29) is 25.6 Å². The molecule has 0 atom stereocenters. The molecule has 0 aliphatic heterocycles. The van der Waals surface area contributed by atoms with Crippen LogP contribution in [0.25, 0.3) is 0 Å². The molecule has 0 spiro atoms. The smallest absolute Gasteiger partial charge is 0.410 e. The van der Waals surface area contributed by atoms with Crippen LogP contribution in [0.2, 0.25) is 0 Å². The second-order valence-corrected chi connectivity index (χ2v) is 24.6. The molecule has 0 heterocycles. The lowest BCUT2D eigenvalue weighted by molar-refractivity contribution is 0.0117. The number of hydrogen-bond acceptors (Lipinski definition) is 13. The third-order valence-corrected chi connectivity index (χ3v) is 9.84. The van der Waals surface area contributed by atoms with Gasteiger partial charge in [0, 0.05) is 72.1 Å². The van der Waals surface area contributed by atoms with Crippen molar-refractivity contribution in [3.63, 3.8) is 0 Å². The Morgan fingerprint density at radius 1 is 0.361 bits per heavy atom. The molecule has 72 heavy (non-hydrogen) atoms. The van der Waals surface area contributed by atoms with Crippen molar-refractivity contribution < 1.29 is 62.3 Å². The highest BCUT2D eigenvalue weighted by Gasteiger charge is 2.30. The predicted molar refractivity (Wildman–Crippen MR) is 281 cm³/mol. The van der Waals surface area contributed by atoms with Gasteiger partial charge in [-0.25, -0.2) is 28.8 Å². The van der Waals surface area contributed by atoms with E-state index in [1.807, 2.05) is 41.5 Å². The van der Waals surface area contributed by atoms with Crippen molar-refractivity contribution >= 4 is 36.6 Å². The zero-order chi connectivity index (χ0) is 55.6. The molecule has 6 amide bonds. The number of carbonyl (C=O) groups is 6. The number of aliphatic hydroxyl groups excluding tert-OH is 1. The standard InChI is InChI=1S/C53H102N6O13/c1-48(2,3)67-42(61)54-30-27-36-56(44(63)69-50(7,8)9)32-22-24-34-58(46(65)71-52(13,14)15)39-41(29-21-19-20-26-38-60)40-59(47(66)72-53(16,17)18)35-25-23-33-57(45(64)70-51(10,11)12)37-28-31-55-43(62)68-49(4,5)6/h41,60H,19-40H2,1-18H3,(H,54,61)(H,55,62). The van der Waals surface area contributed by atoms with Crippen molar-refractivity contribution in [3.8, 4) is 0 Å². The van der Waals surface area contributed by atoms with Crippen molar-refractivity contribution in [2.75, 3.05) is 72.1 Å². The SMILES string of the molecule is CC(C)(C)OC(=O)NCCCN(CCCCN(CC(CCCCCCO)CN(CCCCN(CCCNC(=O)OC(C)(C)C)C(=O)OC(C)(C)C)C(=O)OC(C)(C)C)C(=O)OC(C)(C)C)C(=O)OC(C)(C)C. The Hall–Kier alpha value is -4.42. The topological polar surface area (TPSA) is 215 Å². The average Bonchev–Trinajstić information content (AvgIpc) is 3.17. The number of rotatable bonds is 28. The minimum Gasteiger partial charge on any atom is -0.444 e. The Bertz CT molecular complexity index is 1490. The largest absolute Gasteiger partial charge is 0.444 e. The number of alkyl carbamates (subject to hydrolysis) is 2. The summed E-state index contributed by atoms with van der Waals surface area (Å²) in [7, 11) is 0. The summed E-state index contributed by atoms with van der Waals surface area (Å²) in [5, 5.41) is 14.9. The highest BCUT2D eigenvalue weighted by atomic mass is 16.6. The van der Waals surface area contributed by atoms with Gasteiger partial charge in [-0.2, -0.15) is 0 Å². The minimum atomic E-state index is -0.777. The summed E-state index contributed by atoms with van der Waals surface area (Å²) in [6, 6.07) is 0. The number of hydrogen-bond donors (Lipinski definition) is 3. The molecule has 0 radical (unpaired) electrons. The van der Waals surface area contributed by atoms with Crippen molar-refractivity contribution in [1.82, 2.24) is 30.2 Å². The van der Waals surface area contributed by atoms with E-state index in [1.54, 1.807) is 103 Å². The summed E-state index contributed by atoms with van der Waals surface area (Å²) in [6.45, 7) is 35.7. The van der Waals surface area contributed by atoms with Gasteiger partial charge in [0.05, 0.1) is 0 Å². The first-order valence-electron chi connectivity index (χ1n) is 26.3. The summed E-state index contributed by atoms with van der Waals surface area (Å²) in [5.41, 5.74) is -4.27. The Morgan fingerprint density at radius 3 is 0.917 bits per heavy atom. The van der Waals surface area contributed by atoms with Crippen LogP contribution in [-0.2, 0) is 28.4 Å². The fraction of sp³-hybridized carbons (Fsp3) is 0.887. The third kappa shape index (κ3) is 38.2. The average molecular weight is 1030 g/mol. The summed E-state index contributed by atoms with van der Waals surface area (Å²) < 4.78 is 34.0. The first kappa shape index (κ1) is 67.6. The Morgan fingerprint density at radius 2 is 0.625 bits per heavy atom. The van der Waals surface area contributed by atoms with Crippen LogP contribution in [0.4, 0.5) is 28.8 Å². The first-order chi connectivity index (χ1) is 32.9. The number of nitrogens with one attached hydrogen (secondary N) is 2. The van der Waals surface area contributed by atoms with Crippen LogP contribution in [0.15, 0.2) is 0 Å². The molecular formula is C53H102N6O13. The van der Waals surface area contributed by atoms with E-state index in [4.69, 9.17) is 28.4 Å². The third-order valence-electron chi connectivity index (χ3n) is 9.84. The molecular weight excluding hydrogens is 929 g/mol. The van der Waals surface area contributed by atoms with Gasteiger partial charge in [0.25, 0.3) is 0 Å². The Kier molecular flexibility index (Phi) is 30.0. The van der Waals surface area contributed by atoms with Gasteiger partial charge in [0.2, 0.25) is 0 Å². The van der Waals surface area contributed by atoms with E-state index in [0.29, 0.717) is 104 Å². The van der Waals surface area contributed by atoms with E-state index in [0.717, 1.165) is 19.3 Å². The minimum absolute atomic E-state index is 0.102. The molecule has 0 saturated carbocycles. The zero-order valence-electron chi connectivity index (χ0n) is 48.3. The van der Waals surface area contributed by atoms with Crippen LogP contribution in [0.3, 0.4) is 0 Å². The maximum absolute atomic E-state index is 14.0. The lowest BCUT2D eigenvalue weighted by Gasteiger charge is -2.34. The fourth-order valence-electron chi connectivity index (χ4n) is 6.93. The van der Waals surface area contributed by atoms with Crippen LogP contribution in [0.1, 0.15) is 195 Å². The molecule has 0 bridgehead atoms. The van der Waals surface area contributed by atoms with Gasteiger partial charge in [-0.05, 0) is 182 Å². The van der Waals surface area contributed by atoms with Crippen molar-refractivity contribution in [1.29, 1.82) is 0 Å². The van der Waals surface area contributed by atoms with Gasteiger partial charge >= 0.3 is 36.6 Å². The molecule has 0 unspecified atom stereocenters. The van der Waals surface area contributed by atoms with E-state index >= 15 is 0 Å². The van der Waals surface area contributed by atoms with Gasteiger partial charge in [0.1, 0.15) is 33.6 Å². The van der Waals surface area contributed by atoms with Gasteiger partial charge in [-0.15, -0.1) is 0 Å². The molecule has 0 aliphatic rings. The van der Waals surface area contributed by atoms with Crippen molar-refractivity contribution in [3.05, 3.63) is 0 Å². The summed E-state index contributed by atoms with van der Waals surface area (Å²) in [6.07, 6.45) is 3.92. The first-order valence-corrected chi connectivity index (χ1v) is 26.3. The maximum Gasteiger partial charge on any atom is 0.410 e. The molecule has 3 N–H and O–H groups in total. The van der Waals surface area contributed by atoms with Crippen LogP contribution in [0, 0.1) is 5.92 Å². The summed E-state index contributed by atoms with van der Waals surface area (Å²) in [5.74, 6) is -0.189. The number of carbonyl (C=O) groups excluding carboxylic acids is 6. The Labute approximate surface area is 434 Å². The second-order valence-electron chi connectivity index (χ2n) is 24.6. The normalized spacial score (nSPS) is 12.4. The zero-order valence-corrected chi connectivity index (χ0v) is 48.3. The summed E-state index contributed by atoms with van der Waals surface area (Å²) >= 11 is 0. The number of nitrogens with zero attached hydrogens (tertiary/aromatic N) is 4. The molecule has 0 saturated heterocycles. The van der Waals surface area contributed by atoms with Crippen LogP contribution >= 0.6 is 0 Å². The second kappa shape index (κ2) is 32.0. The number of ether oxygens (including phenoxy) is 6. The highest BCUT2D eigenvalue weighted by molar-refractivity contribution is 5.70. The Balaban J connectivity index is 6.44. The van der Waals surface area contributed by atoms with Crippen molar-refractivity contribution in [2.45, 2.75) is 229 Å². The van der Waals surface area contributed by atoms with E-state index in [2.05, 4.69) is 10.6 Å². The molecule has 0 fully saturated rings. The number of aliphatic hydroxyl groups is 1. The molecule has 0 aromatic carbocycles. The fourth-order valence-corrected chi connectivity index (χ4v) is 6.93. The van der Waals surface area contributed by atoms with Gasteiger partial charge in [0.15, 0.2) is 0 Å². The van der Waals surface area contributed by atoms with Gasteiger partial charge in [-0.1, -0.05) is 19.3 Å². The van der Waals surface area contributed by atoms with Crippen LogP contribution in [-0.4, -0.2) is 167 Å². The van der Waals surface area contributed by atoms with Crippen molar-refractivity contribution in [2.24, 2.45) is 5.92 Å².